The molecule has 0 aromatic heterocycles. The van der Waals surface area contributed by atoms with E-state index < -0.39 is 11.9 Å². The Morgan fingerprint density at radius 2 is 1.33 bits per heavy atom. The van der Waals surface area contributed by atoms with Crippen molar-refractivity contribution >= 4 is 11.9 Å². The second-order valence-electron chi connectivity index (χ2n) is 4.59. The van der Waals surface area contributed by atoms with Crippen molar-refractivity contribution in [2.24, 2.45) is 0 Å². The third-order valence-corrected chi connectivity index (χ3v) is 3.06. The Morgan fingerprint density at radius 3 is 1.78 bits per heavy atom. The van der Waals surface area contributed by atoms with Crippen molar-refractivity contribution in [3.63, 3.8) is 0 Å². The normalized spacial score (nSPS) is 12.1. The summed E-state index contributed by atoms with van der Waals surface area (Å²) in [6, 6.07) is 0. The monoisotopic (exact) mass is 256 g/mol. The van der Waals surface area contributed by atoms with Gasteiger partial charge in [-0.15, -0.1) is 0 Å². The van der Waals surface area contributed by atoms with E-state index in [1.165, 1.54) is 32.6 Å². The molecule has 2 N–H and O–H groups in total. The summed E-state index contributed by atoms with van der Waals surface area (Å²) in [6.07, 6.45) is 8.03. The number of carboxylic acid groups (broad SMARTS) is 2. The minimum Gasteiger partial charge on any atom is -0.478 e. The van der Waals surface area contributed by atoms with Crippen LogP contribution in [0, 0.1) is 0 Å². The largest absolute Gasteiger partial charge is 0.478 e. The number of hydrogen-bond donors (Lipinski definition) is 2. The van der Waals surface area contributed by atoms with E-state index in [1.54, 1.807) is 0 Å². The van der Waals surface area contributed by atoms with Gasteiger partial charge in [0, 0.05) is 11.1 Å². The van der Waals surface area contributed by atoms with E-state index in [4.69, 9.17) is 10.2 Å². The maximum Gasteiger partial charge on any atom is 0.332 e. The minimum atomic E-state index is -1.14. The van der Waals surface area contributed by atoms with Crippen molar-refractivity contribution in [2.75, 3.05) is 0 Å². The zero-order valence-electron chi connectivity index (χ0n) is 11.4. The Morgan fingerprint density at radius 1 is 0.833 bits per heavy atom. The Labute approximate surface area is 109 Å². The van der Waals surface area contributed by atoms with Crippen molar-refractivity contribution in [2.45, 2.75) is 65.2 Å². The van der Waals surface area contributed by atoms with E-state index in [-0.39, 0.29) is 11.1 Å². The highest BCUT2D eigenvalue weighted by Crippen LogP contribution is 2.16. The van der Waals surface area contributed by atoms with Gasteiger partial charge in [-0.25, -0.2) is 9.59 Å². The molecule has 104 valence electrons. The fourth-order valence-electron chi connectivity index (χ4n) is 1.84. The molecular formula is C14H24O4. The Kier molecular flexibility index (Phi) is 8.97. The van der Waals surface area contributed by atoms with E-state index in [9.17, 15) is 9.59 Å². The van der Waals surface area contributed by atoms with Crippen molar-refractivity contribution in [3.05, 3.63) is 11.1 Å². The fourth-order valence-corrected chi connectivity index (χ4v) is 1.84. The molecule has 0 radical (unpaired) electrons. The molecule has 0 aromatic carbocycles. The van der Waals surface area contributed by atoms with Gasteiger partial charge < -0.3 is 10.2 Å². The maximum absolute atomic E-state index is 10.9. The van der Waals surface area contributed by atoms with E-state index in [2.05, 4.69) is 6.92 Å². The second kappa shape index (κ2) is 9.68. The van der Waals surface area contributed by atoms with Gasteiger partial charge in [0.05, 0.1) is 0 Å². The minimum absolute atomic E-state index is 0.0380. The highest BCUT2D eigenvalue weighted by atomic mass is 16.4. The summed E-state index contributed by atoms with van der Waals surface area (Å²) < 4.78 is 0. The standard InChI is InChI=1S/C14H24O4/c1-3-4-5-6-7-8-9-10-12(14(17)18)11(2)13(15)16/h3-10H2,1-2H3,(H,15,16)(H,17,18)/b12-11-. The summed E-state index contributed by atoms with van der Waals surface area (Å²) in [5.41, 5.74) is -0.00968. The van der Waals surface area contributed by atoms with Crippen LogP contribution >= 0.6 is 0 Å². The number of carbonyl (C=O) groups is 2. The van der Waals surface area contributed by atoms with Crippen LogP contribution in [0.3, 0.4) is 0 Å². The van der Waals surface area contributed by atoms with Crippen LogP contribution in [0.15, 0.2) is 11.1 Å². The predicted octanol–water partition coefficient (Wildman–Crippen LogP) is 3.61. The average molecular weight is 256 g/mol. The van der Waals surface area contributed by atoms with E-state index in [0.717, 1.165) is 19.3 Å². The fraction of sp³-hybridized carbons (Fsp3) is 0.714. The van der Waals surface area contributed by atoms with Gasteiger partial charge >= 0.3 is 11.9 Å². The van der Waals surface area contributed by atoms with Gasteiger partial charge in [0.25, 0.3) is 0 Å². The molecule has 0 heterocycles. The zero-order chi connectivity index (χ0) is 14.0. The summed E-state index contributed by atoms with van der Waals surface area (Å²) >= 11 is 0. The van der Waals surface area contributed by atoms with Crippen LogP contribution in [0.4, 0.5) is 0 Å². The summed E-state index contributed by atoms with van der Waals surface area (Å²) in [4.78, 5) is 21.7. The molecule has 0 fully saturated rings. The lowest BCUT2D eigenvalue weighted by Crippen LogP contribution is -2.09. The number of hydrogen-bond acceptors (Lipinski definition) is 2. The van der Waals surface area contributed by atoms with Crippen molar-refractivity contribution in [1.29, 1.82) is 0 Å². The Hall–Kier alpha value is -1.32. The molecule has 0 unspecified atom stereocenters. The SMILES string of the molecule is CCCCCCCCC/C(C(=O)O)=C(\C)C(=O)O. The highest BCUT2D eigenvalue weighted by Gasteiger charge is 2.15. The van der Waals surface area contributed by atoms with Crippen LogP contribution in [-0.4, -0.2) is 22.2 Å². The molecule has 0 aliphatic carbocycles. The topological polar surface area (TPSA) is 74.6 Å². The summed E-state index contributed by atoms with van der Waals surface area (Å²) in [5, 5.41) is 17.7. The molecule has 4 nitrogen and oxygen atoms in total. The zero-order valence-corrected chi connectivity index (χ0v) is 11.4. The molecule has 0 aliphatic heterocycles. The lowest BCUT2D eigenvalue weighted by Gasteiger charge is -2.05. The summed E-state index contributed by atoms with van der Waals surface area (Å²) in [7, 11) is 0. The van der Waals surface area contributed by atoms with E-state index in [0.29, 0.717) is 6.42 Å². The molecule has 0 amide bonds. The lowest BCUT2D eigenvalue weighted by molar-refractivity contribution is -0.136. The quantitative estimate of drug-likeness (QED) is 0.462. The molecule has 0 bridgehead atoms. The lowest BCUT2D eigenvalue weighted by atomic mass is 10.0. The number of carboxylic acids is 2. The van der Waals surface area contributed by atoms with Gasteiger partial charge in [-0.2, -0.15) is 0 Å². The first kappa shape index (κ1) is 16.7. The molecule has 0 atom stereocenters. The highest BCUT2D eigenvalue weighted by molar-refractivity contribution is 5.98. The third kappa shape index (κ3) is 7.09. The molecule has 0 saturated heterocycles. The van der Waals surface area contributed by atoms with Crippen LogP contribution in [0.2, 0.25) is 0 Å². The van der Waals surface area contributed by atoms with Crippen LogP contribution in [0.1, 0.15) is 65.2 Å². The number of unbranched alkanes of at least 4 members (excludes halogenated alkanes) is 6. The van der Waals surface area contributed by atoms with Gasteiger partial charge in [0.1, 0.15) is 0 Å². The molecule has 0 rings (SSSR count). The second-order valence-corrected chi connectivity index (χ2v) is 4.59. The molecule has 4 heteroatoms. The first-order valence-corrected chi connectivity index (χ1v) is 6.67. The third-order valence-electron chi connectivity index (χ3n) is 3.06. The Balaban J connectivity index is 3.97. The summed E-state index contributed by atoms with van der Waals surface area (Å²) in [5.74, 6) is -2.25. The van der Waals surface area contributed by atoms with Crippen molar-refractivity contribution < 1.29 is 19.8 Å². The molecular weight excluding hydrogens is 232 g/mol. The maximum atomic E-state index is 10.9. The molecule has 0 aromatic rings. The van der Waals surface area contributed by atoms with Gasteiger partial charge in [-0.05, 0) is 19.8 Å². The molecule has 0 saturated carbocycles. The number of aliphatic carboxylic acids is 2. The molecule has 0 aliphatic rings. The van der Waals surface area contributed by atoms with Crippen LogP contribution in [-0.2, 0) is 9.59 Å². The average Bonchev–Trinajstić information content (AvgIpc) is 2.31. The van der Waals surface area contributed by atoms with Crippen molar-refractivity contribution in [1.82, 2.24) is 0 Å². The van der Waals surface area contributed by atoms with Gasteiger partial charge in [-0.3, -0.25) is 0 Å². The number of rotatable bonds is 10. The first-order valence-electron chi connectivity index (χ1n) is 6.67. The van der Waals surface area contributed by atoms with E-state index >= 15 is 0 Å². The predicted molar refractivity (Wildman–Crippen MR) is 70.6 cm³/mol. The van der Waals surface area contributed by atoms with Crippen LogP contribution in [0.25, 0.3) is 0 Å². The molecule has 18 heavy (non-hydrogen) atoms. The smallest absolute Gasteiger partial charge is 0.332 e. The van der Waals surface area contributed by atoms with Crippen molar-refractivity contribution in [3.8, 4) is 0 Å². The van der Waals surface area contributed by atoms with E-state index in [1.807, 2.05) is 0 Å². The molecule has 0 spiro atoms. The van der Waals surface area contributed by atoms with Gasteiger partial charge in [0.2, 0.25) is 0 Å². The van der Waals surface area contributed by atoms with Gasteiger partial charge in [0.15, 0.2) is 0 Å². The van der Waals surface area contributed by atoms with Gasteiger partial charge in [-0.1, -0.05) is 45.4 Å². The van der Waals surface area contributed by atoms with Crippen LogP contribution < -0.4 is 0 Å². The first-order chi connectivity index (χ1) is 8.50. The summed E-state index contributed by atoms with van der Waals surface area (Å²) in [6.45, 7) is 3.52. The van der Waals surface area contributed by atoms with Crippen LogP contribution in [0.5, 0.6) is 0 Å². The Bertz CT molecular complexity index is 305.